The van der Waals surface area contributed by atoms with E-state index in [0.717, 1.165) is 30.2 Å². The van der Waals surface area contributed by atoms with Crippen molar-refractivity contribution in [1.82, 2.24) is 25.3 Å². The van der Waals surface area contributed by atoms with Crippen LogP contribution in [0.5, 0.6) is 0 Å². The summed E-state index contributed by atoms with van der Waals surface area (Å²) in [5, 5.41) is 0. The summed E-state index contributed by atoms with van der Waals surface area (Å²) in [5.41, 5.74) is 10.0. The second kappa shape index (κ2) is 9.50. The van der Waals surface area contributed by atoms with Gasteiger partial charge in [-0.25, -0.2) is 15.2 Å². The summed E-state index contributed by atoms with van der Waals surface area (Å²) in [4.78, 5) is 44.7. The van der Waals surface area contributed by atoms with Gasteiger partial charge in [0.1, 0.15) is 0 Å². The molecule has 4 aliphatic rings. The molecule has 2 saturated carbocycles. The van der Waals surface area contributed by atoms with Gasteiger partial charge in [-0.15, -0.1) is 0 Å². The highest BCUT2D eigenvalue weighted by atomic mass is 16.2. The van der Waals surface area contributed by atoms with E-state index in [-0.39, 0.29) is 11.7 Å². The lowest BCUT2D eigenvalue weighted by Gasteiger charge is -2.55. The molecule has 192 valence electrons. The molecule has 9 nitrogen and oxygen atoms in total. The molecule has 0 unspecified atom stereocenters. The van der Waals surface area contributed by atoms with Gasteiger partial charge in [-0.3, -0.25) is 19.9 Å². The van der Waals surface area contributed by atoms with Crippen LogP contribution in [-0.2, 0) is 0 Å². The van der Waals surface area contributed by atoms with Crippen molar-refractivity contribution in [2.45, 2.75) is 94.8 Å². The molecule has 0 spiro atoms. The van der Waals surface area contributed by atoms with Crippen molar-refractivity contribution in [1.29, 1.82) is 0 Å². The molecule has 2 aromatic rings. The van der Waals surface area contributed by atoms with Gasteiger partial charge in [-0.2, -0.15) is 0 Å². The molecule has 1 aromatic carbocycles. The van der Waals surface area contributed by atoms with Gasteiger partial charge in [0.05, 0.1) is 11.0 Å². The van der Waals surface area contributed by atoms with Crippen LogP contribution in [0.4, 0.5) is 4.79 Å². The molecule has 0 radical (unpaired) electrons. The van der Waals surface area contributed by atoms with Crippen LogP contribution in [0.3, 0.4) is 0 Å². The molecule has 4 fully saturated rings. The Balaban J connectivity index is 1.32. The second-order valence-corrected chi connectivity index (χ2v) is 11.4. The first kappa shape index (κ1) is 23.5. The van der Waals surface area contributed by atoms with Crippen LogP contribution in [0.1, 0.15) is 87.2 Å². The summed E-state index contributed by atoms with van der Waals surface area (Å²) in [6.45, 7) is 0. The Bertz CT molecular complexity index is 1200. The first-order valence-corrected chi connectivity index (χ1v) is 13.6. The van der Waals surface area contributed by atoms with Gasteiger partial charge in [-0.05, 0) is 68.9 Å². The van der Waals surface area contributed by atoms with Crippen molar-refractivity contribution in [3.8, 4) is 0 Å². The van der Waals surface area contributed by atoms with Gasteiger partial charge >= 0.3 is 6.03 Å². The smallest absolute Gasteiger partial charge is 0.330 e. The first-order chi connectivity index (χ1) is 17.5. The van der Waals surface area contributed by atoms with Crippen molar-refractivity contribution in [2.24, 2.45) is 17.6 Å². The summed E-state index contributed by atoms with van der Waals surface area (Å²) < 4.78 is 1.81. The minimum absolute atomic E-state index is 0.00990. The lowest BCUT2D eigenvalue weighted by atomic mass is 9.68. The van der Waals surface area contributed by atoms with E-state index in [1.807, 2.05) is 24.3 Å². The zero-order valence-corrected chi connectivity index (χ0v) is 20.7. The van der Waals surface area contributed by atoms with Gasteiger partial charge in [-0.1, -0.05) is 37.8 Å². The number of carbonyl (C=O) groups excluding carboxylic acids is 2. The van der Waals surface area contributed by atoms with Gasteiger partial charge in [0, 0.05) is 24.2 Å². The molecule has 3 amide bonds. The van der Waals surface area contributed by atoms with Crippen LogP contribution >= 0.6 is 0 Å². The van der Waals surface area contributed by atoms with E-state index in [1.54, 1.807) is 4.57 Å². The maximum absolute atomic E-state index is 13.7. The zero-order chi connectivity index (χ0) is 24.8. The fraction of sp³-hybridized carbons (Fsp3) is 0.630. The van der Waals surface area contributed by atoms with Gasteiger partial charge in [0.2, 0.25) is 0 Å². The number of nitrogens with zero attached hydrogens (tertiary/aromatic N) is 3. The second-order valence-electron chi connectivity index (χ2n) is 11.4. The number of amides is 3. The molecule has 6 rings (SSSR count). The Hall–Kier alpha value is -2.94. The lowest BCUT2D eigenvalue weighted by Crippen LogP contribution is -2.58. The molecule has 4 N–H and O–H groups in total. The largest absolute Gasteiger partial charge is 0.350 e. The molecule has 3 heterocycles. The Morgan fingerprint density at radius 3 is 2.19 bits per heavy atom. The van der Waals surface area contributed by atoms with E-state index in [4.69, 9.17) is 5.73 Å². The highest BCUT2D eigenvalue weighted by Crippen LogP contribution is 2.47. The maximum atomic E-state index is 13.7. The molecule has 36 heavy (non-hydrogen) atoms. The standard InChI is InChI=1S/C27H36N6O3/c28-27(36)31-30-25(34)24-26(35)33(23-10-2-1-9-22(23)29-24)21-14-18-7-4-8-19(15-21)32(18)20-12-16-5-3-6-17(11-16)13-20/h1-2,9-10,16-21H,3-8,11-15H2,(H,30,34)(H3,28,31,36)/t16-,17+,18-,19+,20+,21+. The molecule has 1 aromatic heterocycles. The van der Waals surface area contributed by atoms with Crippen molar-refractivity contribution >= 4 is 23.0 Å². The van der Waals surface area contributed by atoms with E-state index in [0.29, 0.717) is 23.6 Å². The Morgan fingerprint density at radius 1 is 0.833 bits per heavy atom. The molecule has 2 saturated heterocycles. The monoisotopic (exact) mass is 492 g/mol. The number of urea groups is 1. The van der Waals surface area contributed by atoms with Crippen molar-refractivity contribution < 1.29 is 9.59 Å². The van der Waals surface area contributed by atoms with Gasteiger partial charge in [0.25, 0.3) is 11.5 Å². The summed E-state index contributed by atoms with van der Waals surface area (Å²) in [6, 6.07) is 8.22. The summed E-state index contributed by atoms with van der Waals surface area (Å²) >= 11 is 0. The third-order valence-electron chi connectivity index (χ3n) is 9.20. The number of nitrogens with one attached hydrogen (secondary N) is 2. The number of nitrogens with two attached hydrogens (primary N) is 1. The molecular weight excluding hydrogens is 456 g/mol. The number of carbonyl (C=O) groups is 2. The van der Waals surface area contributed by atoms with Crippen molar-refractivity contribution in [2.75, 3.05) is 0 Å². The summed E-state index contributed by atoms with van der Waals surface area (Å²) in [6.07, 6.45) is 13.7. The summed E-state index contributed by atoms with van der Waals surface area (Å²) in [5.74, 6) is 1.02. The van der Waals surface area contributed by atoms with E-state index < -0.39 is 17.5 Å². The van der Waals surface area contributed by atoms with Crippen LogP contribution in [0.25, 0.3) is 11.0 Å². The Kier molecular flexibility index (Phi) is 6.19. The minimum Gasteiger partial charge on any atom is -0.350 e. The summed E-state index contributed by atoms with van der Waals surface area (Å²) in [7, 11) is 0. The molecule has 2 aliphatic heterocycles. The van der Waals surface area contributed by atoms with Crippen molar-refractivity contribution in [3.63, 3.8) is 0 Å². The number of fused-ring (bicyclic) bond motifs is 5. The van der Waals surface area contributed by atoms with Crippen LogP contribution in [-0.4, -0.2) is 44.5 Å². The van der Waals surface area contributed by atoms with Crippen molar-refractivity contribution in [3.05, 3.63) is 40.3 Å². The molecule has 6 atom stereocenters. The average Bonchev–Trinajstić information content (AvgIpc) is 2.86. The van der Waals surface area contributed by atoms with E-state index in [9.17, 15) is 14.4 Å². The Labute approximate surface area is 210 Å². The number of hydrogen-bond acceptors (Lipinski definition) is 5. The number of para-hydroxylation sites is 2. The fourth-order valence-electron chi connectivity index (χ4n) is 7.98. The Morgan fingerprint density at radius 2 is 1.50 bits per heavy atom. The van der Waals surface area contributed by atoms with Crippen LogP contribution < -0.4 is 22.1 Å². The van der Waals surface area contributed by atoms with E-state index >= 15 is 0 Å². The predicted molar refractivity (Wildman–Crippen MR) is 136 cm³/mol. The van der Waals surface area contributed by atoms with Crippen LogP contribution in [0.2, 0.25) is 0 Å². The average molecular weight is 493 g/mol. The number of hydrazine groups is 1. The molecule has 4 bridgehead atoms. The number of primary amides is 1. The topological polar surface area (TPSA) is 122 Å². The van der Waals surface area contributed by atoms with E-state index in [2.05, 4.69) is 20.7 Å². The van der Waals surface area contributed by atoms with E-state index in [1.165, 1.54) is 57.8 Å². The highest BCUT2D eigenvalue weighted by molar-refractivity contribution is 5.94. The molecule has 2 aliphatic carbocycles. The van der Waals surface area contributed by atoms with Gasteiger partial charge < -0.3 is 10.3 Å². The van der Waals surface area contributed by atoms with Crippen LogP contribution in [0.15, 0.2) is 29.1 Å². The van der Waals surface area contributed by atoms with Gasteiger partial charge in [0.15, 0.2) is 5.69 Å². The first-order valence-electron chi connectivity index (χ1n) is 13.6. The third-order valence-corrected chi connectivity index (χ3v) is 9.20. The fourth-order valence-corrected chi connectivity index (χ4v) is 7.98. The minimum atomic E-state index is -0.906. The highest BCUT2D eigenvalue weighted by Gasteiger charge is 2.45. The normalized spacial score (nSPS) is 32.1. The third kappa shape index (κ3) is 4.27. The molecular formula is C27H36N6O3. The molecule has 9 heteroatoms. The predicted octanol–water partition coefficient (Wildman–Crippen LogP) is 3.24. The van der Waals surface area contributed by atoms with Crippen LogP contribution in [0, 0.1) is 11.8 Å². The number of hydrogen-bond donors (Lipinski definition) is 3. The lowest BCUT2D eigenvalue weighted by molar-refractivity contribution is -0.0486. The number of aromatic nitrogens is 2. The number of piperidine rings is 2. The SMILES string of the molecule is NC(=O)NNC(=O)c1nc2ccccc2n([C@H]2C[C@H]3CCC[C@@H](C2)N3[C@H]2C[C@@H]3CCC[C@@H](C3)C2)c1=O. The zero-order valence-electron chi connectivity index (χ0n) is 20.7. The number of benzene rings is 1. The maximum Gasteiger partial charge on any atom is 0.330 e. The number of rotatable bonds is 3. The quantitative estimate of drug-likeness (QED) is 0.568.